The van der Waals surface area contributed by atoms with Gasteiger partial charge < -0.3 is 4.74 Å². The lowest BCUT2D eigenvalue weighted by Gasteiger charge is -2.21. The third kappa shape index (κ3) is 4.19. The highest BCUT2D eigenvalue weighted by Gasteiger charge is 2.37. The minimum atomic E-state index is -4.85. The van der Waals surface area contributed by atoms with Gasteiger partial charge in [0.05, 0.1) is 18.4 Å². The largest absolute Gasteiger partial charge is 0.497 e. The molecule has 0 amide bonds. The molecule has 5 nitrogen and oxygen atoms in total. The maximum absolute atomic E-state index is 13.5. The highest BCUT2D eigenvalue weighted by atomic mass is 19.4. The summed E-state index contributed by atoms with van der Waals surface area (Å²) >= 11 is 0. The fourth-order valence-electron chi connectivity index (χ4n) is 3.47. The topological polar surface area (TPSA) is 67.4 Å². The summed E-state index contributed by atoms with van der Waals surface area (Å²) in [5.74, 6) is 0.541. The summed E-state index contributed by atoms with van der Waals surface area (Å²) in [6.07, 6.45) is -1.35. The van der Waals surface area contributed by atoms with Gasteiger partial charge in [-0.3, -0.25) is 4.79 Å². The lowest BCUT2D eigenvalue weighted by molar-refractivity contribution is -0.137. The number of pyridine rings is 1. The van der Waals surface area contributed by atoms with Crippen LogP contribution in [0.1, 0.15) is 43.7 Å². The van der Waals surface area contributed by atoms with Gasteiger partial charge in [-0.1, -0.05) is 25.5 Å². The first-order valence-corrected chi connectivity index (χ1v) is 9.25. The first-order chi connectivity index (χ1) is 13.8. The van der Waals surface area contributed by atoms with Crippen LogP contribution in [-0.2, 0) is 6.18 Å². The fraction of sp³-hybridized carbons (Fsp3) is 0.381. The van der Waals surface area contributed by atoms with Crippen molar-refractivity contribution in [2.24, 2.45) is 11.0 Å². The molecule has 1 saturated carbocycles. The quantitative estimate of drug-likeness (QED) is 0.737. The smallest absolute Gasteiger partial charge is 0.417 e. The van der Waals surface area contributed by atoms with Crippen LogP contribution in [0.25, 0.3) is 11.3 Å². The monoisotopic (exact) mass is 403 g/mol. The summed E-state index contributed by atoms with van der Waals surface area (Å²) in [5, 5.41) is 13.7. The summed E-state index contributed by atoms with van der Waals surface area (Å²) in [5.41, 5.74) is -2.26. The van der Waals surface area contributed by atoms with Crippen LogP contribution in [-0.4, -0.2) is 17.5 Å². The van der Waals surface area contributed by atoms with E-state index in [2.05, 4.69) is 5.10 Å². The summed E-state index contributed by atoms with van der Waals surface area (Å²) in [6, 6.07) is 8.59. The standard InChI is InChI=1S/C21H20F3N3O2/c1-13-6-3-4-9-18(13)26-27-19(14-7-5-8-15(10-14)29-2)11-17(21(22,23)24)16(12-25)20(27)28/h5,7-8,10-11,13H,3-4,6,9H2,1-2H3/b26-18-. The zero-order chi connectivity index (χ0) is 21.2. The summed E-state index contributed by atoms with van der Waals surface area (Å²) in [4.78, 5) is 12.9. The fourth-order valence-corrected chi connectivity index (χ4v) is 3.47. The number of benzene rings is 1. The van der Waals surface area contributed by atoms with Crippen LogP contribution in [0.5, 0.6) is 5.75 Å². The van der Waals surface area contributed by atoms with Gasteiger partial charge in [-0.2, -0.15) is 28.2 Å². The number of rotatable bonds is 3. The van der Waals surface area contributed by atoms with Crippen LogP contribution in [0, 0.1) is 17.2 Å². The van der Waals surface area contributed by atoms with Gasteiger partial charge in [-0.15, -0.1) is 0 Å². The van der Waals surface area contributed by atoms with E-state index in [1.807, 2.05) is 6.92 Å². The van der Waals surface area contributed by atoms with Crippen LogP contribution < -0.4 is 10.3 Å². The molecule has 1 heterocycles. The zero-order valence-corrected chi connectivity index (χ0v) is 16.1. The third-order valence-corrected chi connectivity index (χ3v) is 5.08. The normalized spacial score (nSPS) is 18.5. The van der Waals surface area contributed by atoms with E-state index in [1.54, 1.807) is 18.2 Å². The molecular formula is C21H20F3N3O2. The van der Waals surface area contributed by atoms with Gasteiger partial charge in [0, 0.05) is 11.3 Å². The van der Waals surface area contributed by atoms with Crippen molar-refractivity contribution in [1.29, 1.82) is 5.26 Å². The first kappa shape index (κ1) is 20.6. The highest BCUT2D eigenvalue weighted by Crippen LogP contribution is 2.34. The van der Waals surface area contributed by atoms with Crippen molar-refractivity contribution in [3.05, 3.63) is 51.8 Å². The molecule has 0 saturated heterocycles. The Bertz CT molecular complexity index is 1050. The lowest BCUT2D eigenvalue weighted by atomic mass is 9.89. The van der Waals surface area contributed by atoms with Crippen LogP contribution >= 0.6 is 0 Å². The van der Waals surface area contributed by atoms with Gasteiger partial charge in [0.15, 0.2) is 0 Å². The van der Waals surface area contributed by atoms with Crippen LogP contribution in [0.15, 0.2) is 40.2 Å². The second kappa shape index (κ2) is 8.11. The molecule has 0 radical (unpaired) electrons. The number of alkyl halides is 3. The Kier molecular flexibility index (Phi) is 5.78. The number of hydrogen-bond acceptors (Lipinski definition) is 4. The minimum absolute atomic E-state index is 0.0366. The van der Waals surface area contributed by atoms with E-state index in [0.717, 1.165) is 35.7 Å². The van der Waals surface area contributed by atoms with Crippen LogP contribution in [0.4, 0.5) is 13.2 Å². The molecule has 8 heteroatoms. The molecule has 1 unspecified atom stereocenters. The van der Waals surface area contributed by atoms with E-state index in [1.165, 1.54) is 19.2 Å². The molecule has 3 rings (SSSR count). The van der Waals surface area contributed by atoms with Gasteiger partial charge in [-0.05, 0) is 43.4 Å². The molecule has 1 aliphatic carbocycles. The number of halogens is 3. The third-order valence-electron chi connectivity index (χ3n) is 5.08. The number of hydrogen-bond donors (Lipinski definition) is 0. The summed E-state index contributed by atoms with van der Waals surface area (Å²) < 4.78 is 46.7. The Labute approximate surface area is 166 Å². The lowest BCUT2D eigenvalue weighted by Crippen LogP contribution is -2.28. The molecule has 1 atom stereocenters. The average Bonchev–Trinajstić information content (AvgIpc) is 2.69. The van der Waals surface area contributed by atoms with E-state index in [0.29, 0.717) is 17.7 Å². The molecule has 1 aliphatic rings. The Morgan fingerprint density at radius 3 is 2.66 bits per heavy atom. The predicted molar refractivity (Wildman–Crippen MR) is 103 cm³/mol. The van der Waals surface area contributed by atoms with Crippen molar-refractivity contribution in [3.63, 3.8) is 0 Å². The number of ether oxygens (including phenoxy) is 1. The van der Waals surface area contributed by atoms with E-state index in [4.69, 9.17) is 4.74 Å². The van der Waals surface area contributed by atoms with Crippen molar-refractivity contribution >= 4 is 5.71 Å². The average molecular weight is 403 g/mol. The van der Waals surface area contributed by atoms with Crippen molar-refractivity contribution < 1.29 is 17.9 Å². The number of aromatic nitrogens is 1. The second-order valence-electron chi connectivity index (χ2n) is 7.01. The van der Waals surface area contributed by atoms with Gasteiger partial charge in [0.25, 0.3) is 5.56 Å². The van der Waals surface area contributed by atoms with Crippen molar-refractivity contribution in [3.8, 4) is 23.1 Å². The van der Waals surface area contributed by atoms with Crippen molar-refractivity contribution in [1.82, 2.24) is 4.68 Å². The molecule has 1 aromatic heterocycles. The van der Waals surface area contributed by atoms with Crippen LogP contribution in [0.3, 0.4) is 0 Å². The summed E-state index contributed by atoms with van der Waals surface area (Å²) in [6.45, 7) is 1.98. The van der Waals surface area contributed by atoms with Gasteiger partial charge in [-0.25, -0.2) is 0 Å². The maximum Gasteiger partial charge on any atom is 0.417 e. The molecule has 1 fully saturated rings. The molecule has 0 aliphatic heterocycles. The Morgan fingerprint density at radius 1 is 1.28 bits per heavy atom. The minimum Gasteiger partial charge on any atom is -0.497 e. The van der Waals surface area contributed by atoms with E-state index in [-0.39, 0.29) is 11.6 Å². The SMILES string of the molecule is COc1cccc(-c2cc(C(F)(F)F)c(C#N)c(=O)n2/N=C2/CCCCC2C)c1. The molecule has 0 spiro atoms. The van der Waals surface area contributed by atoms with E-state index < -0.39 is 22.9 Å². The molecule has 2 aromatic rings. The molecule has 0 N–H and O–H groups in total. The van der Waals surface area contributed by atoms with Gasteiger partial charge in [0.1, 0.15) is 17.4 Å². The Morgan fingerprint density at radius 2 is 2.03 bits per heavy atom. The van der Waals surface area contributed by atoms with Gasteiger partial charge in [0.2, 0.25) is 0 Å². The predicted octanol–water partition coefficient (Wildman–Crippen LogP) is 4.83. The first-order valence-electron chi connectivity index (χ1n) is 9.25. The highest BCUT2D eigenvalue weighted by molar-refractivity contribution is 5.87. The number of nitrogens with zero attached hydrogens (tertiary/aromatic N) is 3. The van der Waals surface area contributed by atoms with Gasteiger partial charge >= 0.3 is 6.18 Å². The molecule has 29 heavy (non-hydrogen) atoms. The zero-order valence-electron chi connectivity index (χ0n) is 16.1. The molecular weight excluding hydrogens is 383 g/mol. The number of methoxy groups -OCH3 is 1. The second-order valence-corrected chi connectivity index (χ2v) is 7.01. The number of nitriles is 1. The van der Waals surface area contributed by atoms with Crippen molar-refractivity contribution in [2.75, 3.05) is 7.11 Å². The van der Waals surface area contributed by atoms with Crippen LogP contribution in [0.2, 0.25) is 0 Å². The molecule has 1 aromatic carbocycles. The molecule has 152 valence electrons. The maximum atomic E-state index is 13.5. The van der Waals surface area contributed by atoms with E-state index >= 15 is 0 Å². The molecule has 0 bridgehead atoms. The van der Waals surface area contributed by atoms with E-state index in [9.17, 15) is 23.2 Å². The Balaban J connectivity index is 2.34. The van der Waals surface area contributed by atoms with Crippen molar-refractivity contribution in [2.45, 2.75) is 38.8 Å². The summed E-state index contributed by atoms with van der Waals surface area (Å²) in [7, 11) is 1.44. The Hall–Kier alpha value is -3.08.